The summed E-state index contributed by atoms with van der Waals surface area (Å²) < 4.78 is 0. The van der Waals surface area contributed by atoms with Crippen molar-refractivity contribution in [2.75, 3.05) is 31.1 Å². The van der Waals surface area contributed by atoms with Crippen molar-refractivity contribution in [3.8, 4) is 0 Å². The molecular formula is C19H20N4O2S. The summed E-state index contributed by atoms with van der Waals surface area (Å²) in [6.07, 6.45) is 1.66. The van der Waals surface area contributed by atoms with Gasteiger partial charge in [0.15, 0.2) is 0 Å². The van der Waals surface area contributed by atoms with Gasteiger partial charge in [0.2, 0.25) is 0 Å². The van der Waals surface area contributed by atoms with E-state index in [1.165, 1.54) is 4.88 Å². The Hall–Kier alpha value is -2.51. The molecule has 0 saturated carbocycles. The van der Waals surface area contributed by atoms with E-state index in [0.717, 1.165) is 54.3 Å². The summed E-state index contributed by atoms with van der Waals surface area (Å²) in [5, 5.41) is 10.1. The molecule has 1 aliphatic rings. The zero-order valence-corrected chi connectivity index (χ0v) is 15.4. The highest BCUT2D eigenvalue weighted by Gasteiger charge is 2.20. The van der Waals surface area contributed by atoms with Crippen LogP contribution in [0.3, 0.4) is 0 Å². The van der Waals surface area contributed by atoms with Crippen LogP contribution in [-0.4, -0.2) is 52.1 Å². The third-order valence-electron chi connectivity index (χ3n) is 4.71. The smallest absolute Gasteiger partial charge is 0.335 e. The first-order valence-corrected chi connectivity index (χ1v) is 9.42. The van der Waals surface area contributed by atoms with Gasteiger partial charge in [0.1, 0.15) is 17.0 Å². The van der Waals surface area contributed by atoms with Crippen molar-refractivity contribution >= 4 is 33.3 Å². The van der Waals surface area contributed by atoms with Gasteiger partial charge in [-0.15, -0.1) is 11.3 Å². The molecule has 1 N–H and O–H groups in total. The van der Waals surface area contributed by atoms with Crippen LogP contribution in [0.4, 0.5) is 5.82 Å². The lowest BCUT2D eigenvalue weighted by molar-refractivity contribution is 0.0697. The molecule has 1 saturated heterocycles. The molecule has 4 rings (SSSR count). The average Bonchev–Trinajstić information content (AvgIpc) is 3.03. The number of fused-ring (bicyclic) bond motifs is 1. The number of hydrogen-bond donors (Lipinski definition) is 1. The van der Waals surface area contributed by atoms with Crippen molar-refractivity contribution < 1.29 is 9.90 Å². The number of carbonyl (C=O) groups is 1. The summed E-state index contributed by atoms with van der Waals surface area (Å²) in [5.74, 6) is 0.148. The minimum absolute atomic E-state index is 0.331. The summed E-state index contributed by atoms with van der Waals surface area (Å²) >= 11 is 1.71. The van der Waals surface area contributed by atoms with Crippen LogP contribution in [0, 0.1) is 6.92 Å². The van der Waals surface area contributed by atoms with E-state index in [0.29, 0.717) is 5.56 Å². The number of carboxylic acid groups (broad SMARTS) is 1. The quantitative estimate of drug-likeness (QED) is 0.763. The first-order valence-electron chi connectivity index (χ1n) is 8.61. The minimum Gasteiger partial charge on any atom is -0.478 e. The number of carboxylic acids is 1. The van der Waals surface area contributed by atoms with E-state index in [1.807, 2.05) is 12.1 Å². The molecule has 0 radical (unpaired) electrons. The maximum absolute atomic E-state index is 10.9. The number of anilines is 1. The van der Waals surface area contributed by atoms with Crippen LogP contribution in [0.5, 0.6) is 0 Å². The molecule has 0 aliphatic carbocycles. The predicted octanol–water partition coefficient (Wildman–Crippen LogP) is 3.02. The van der Waals surface area contributed by atoms with Gasteiger partial charge in [-0.2, -0.15) is 0 Å². The van der Waals surface area contributed by atoms with Gasteiger partial charge in [0.25, 0.3) is 0 Å². The Morgan fingerprint density at radius 2 is 1.88 bits per heavy atom. The summed E-state index contributed by atoms with van der Waals surface area (Å²) in [6.45, 7) is 6.70. The van der Waals surface area contributed by atoms with E-state index < -0.39 is 5.97 Å². The van der Waals surface area contributed by atoms with E-state index in [2.05, 4.69) is 32.8 Å². The molecule has 0 amide bonds. The van der Waals surface area contributed by atoms with Crippen molar-refractivity contribution in [3.05, 3.63) is 52.7 Å². The number of piperazine rings is 1. The van der Waals surface area contributed by atoms with Gasteiger partial charge < -0.3 is 10.0 Å². The molecule has 0 unspecified atom stereocenters. The van der Waals surface area contributed by atoms with Crippen molar-refractivity contribution in [1.82, 2.24) is 14.9 Å². The summed E-state index contributed by atoms with van der Waals surface area (Å²) in [5.41, 5.74) is 1.47. The van der Waals surface area contributed by atoms with Gasteiger partial charge in [-0.25, -0.2) is 14.8 Å². The largest absolute Gasteiger partial charge is 0.478 e. The lowest BCUT2D eigenvalue weighted by Gasteiger charge is -2.35. The van der Waals surface area contributed by atoms with Gasteiger partial charge in [-0.05, 0) is 30.7 Å². The van der Waals surface area contributed by atoms with E-state index in [9.17, 15) is 4.79 Å². The lowest BCUT2D eigenvalue weighted by Crippen LogP contribution is -2.46. The zero-order valence-electron chi connectivity index (χ0n) is 14.6. The summed E-state index contributed by atoms with van der Waals surface area (Å²) in [7, 11) is 0. The molecule has 7 heteroatoms. The van der Waals surface area contributed by atoms with Gasteiger partial charge >= 0.3 is 5.97 Å². The van der Waals surface area contributed by atoms with Gasteiger partial charge in [0.05, 0.1) is 10.9 Å². The van der Waals surface area contributed by atoms with Crippen LogP contribution in [-0.2, 0) is 6.54 Å². The highest BCUT2D eigenvalue weighted by molar-refractivity contribution is 7.18. The standard InChI is InChI=1S/C19H20N4O2S/c1-13-10-16-17(20-12-21-18(16)26-13)23-8-6-22(7-9-23)11-14-2-4-15(5-3-14)19(24)25/h2-5,10,12H,6-9,11H2,1H3,(H,24,25). The van der Waals surface area contributed by atoms with Crippen molar-refractivity contribution in [1.29, 1.82) is 0 Å². The van der Waals surface area contributed by atoms with Crippen molar-refractivity contribution in [2.45, 2.75) is 13.5 Å². The molecule has 0 bridgehead atoms. The van der Waals surface area contributed by atoms with E-state index in [4.69, 9.17) is 5.11 Å². The summed E-state index contributed by atoms with van der Waals surface area (Å²) in [4.78, 5) is 26.9. The van der Waals surface area contributed by atoms with Crippen molar-refractivity contribution in [2.24, 2.45) is 0 Å². The molecular weight excluding hydrogens is 348 g/mol. The molecule has 1 aliphatic heterocycles. The van der Waals surface area contributed by atoms with Gasteiger partial charge in [-0.3, -0.25) is 4.90 Å². The summed E-state index contributed by atoms with van der Waals surface area (Å²) in [6, 6.07) is 9.32. The fraction of sp³-hybridized carbons (Fsp3) is 0.316. The number of aromatic nitrogens is 2. The maximum Gasteiger partial charge on any atom is 0.335 e. The fourth-order valence-electron chi connectivity index (χ4n) is 3.34. The van der Waals surface area contributed by atoms with E-state index >= 15 is 0 Å². The Balaban J connectivity index is 1.41. The highest BCUT2D eigenvalue weighted by atomic mass is 32.1. The topological polar surface area (TPSA) is 69.6 Å². The molecule has 134 valence electrons. The van der Waals surface area contributed by atoms with Crippen molar-refractivity contribution in [3.63, 3.8) is 0 Å². The maximum atomic E-state index is 10.9. The molecule has 0 atom stereocenters. The van der Waals surface area contributed by atoms with Crippen LogP contribution in [0.1, 0.15) is 20.8 Å². The Morgan fingerprint density at radius 3 is 2.58 bits per heavy atom. The monoisotopic (exact) mass is 368 g/mol. The predicted molar refractivity (Wildman–Crippen MR) is 103 cm³/mol. The second-order valence-corrected chi connectivity index (χ2v) is 7.77. The third kappa shape index (κ3) is 3.40. The van der Waals surface area contributed by atoms with Crippen LogP contribution in [0.2, 0.25) is 0 Å². The number of hydrogen-bond acceptors (Lipinski definition) is 6. The molecule has 0 spiro atoms. The van der Waals surface area contributed by atoms with E-state index in [1.54, 1.807) is 29.8 Å². The fourth-order valence-corrected chi connectivity index (χ4v) is 4.19. The third-order valence-corrected chi connectivity index (χ3v) is 5.67. The zero-order chi connectivity index (χ0) is 18.1. The lowest BCUT2D eigenvalue weighted by atomic mass is 10.1. The van der Waals surface area contributed by atoms with Gasteiger partial charge in [0, 0.05) is 37.6 Å². The Morgan fingerprint density at radius 1 is 1.15 bits per heavy atom. The second kappa shape index (κ2) is 7.01. The number of rotatable bonds is 4. The number of aryl methyl sites for hydroxylation is 1. The molecule has 26 heavy (non-hydrogen) atoms. The Labute approximate surface area is 155 Å². The molecule has 2 aromatic heterocycles. The molecule has 1 aromatic carbocycles. The Kier molecular flexibility index (Phi) is 4.57. The molecule has 3 heterocycles. The second-order valence-electron chi connectivity index (χ2n) is 6.54. The highest BCUT2D eigenvalue weighted by Crippen LogP contribution is 2.30. The number of aromatic carboxylic acids is 1. The molecule has 6 nitrogen and oxygen atoms in total. The molecule has 3 aromatic rings. The number of nitrogens with zero attached hydrogens (tertiary/aromatic N) is 4. The molecule has 1 fully saturated rings. The van der Waals surface area contributed by atoms with Crippen LogP contribution < -0.4 is 4.90 Å². The number of thiophene rings is 1. The van der Waals surface area contributed by atoms with Gasteiger partial charge in [-0.1, -0.05) is 12.1 Å². The SMILES string of the molecule is Cc1cc2c(N3CCN(Cc4ccc(C(=O)O)cc4)CC3)ncnc2s1. The van der Waals surface area contributed by atoms with Crippen LogP contribution in [0.15, 0.2) is 36.7 Å². The first kappa shape index (κ1) is 16.9. The van der Waals surface area contributed by atoms with Crippen LogP contribution >= 0.6 is 11.3 Å². The first-order chi connectivity index (χ1) is 12.6. The average molecular weight is 368 g/mol. The Bertz CT molecular complexity index is 930. The normalized spacial score (nSPS) is 15.5. The minimum atomic E-state index is -0.884. The van der Waals surface area contributed by atoms with E-state index in [-0.39, 0.29) is 0 Å². The number of benzene rings is 1. The van der Waals surface area contributed by atoms with Crippen LogP contribution in [0.25, 0.3) is 10.2 Å².